The SMILES string of the molecule is COC(=O)NCCOC(c1cccc(Cl)c1)[C@@H]1CCCN(C(=O)N[C@@H](CC2CCCCC2)[C@@H](O)CN)C1. The minimum absolute atomic E-state index is 0.0484. The van der Waals surface area contributed by atoms with Gasteiger partial charge in [-0.25, -0.2) is 9.59 Å². The molecule has 1 aromatic carbocycles. The molecule has 2 fully saturated rings. The van der Waals surface area contributed by atoms with E-state index in [1.807, 2.05) is 29.2 Å². The molecule has 1 aromatic rings. The van der Waals surface area contributed by atoms with Crippen molar-refractivity contribution in [2.45, 2.75) is 69.6 Å². The summed E-state index contributed by atoms with van der Waals surface area (Å²) in [6.07, 6.45) is 6.87. The quantitative estimate of drug-likeness (QED) is 0.317. The Morgan fingerprint density at radius 3 is 2.70 bits per heavy atom. The number of hydrogen-bond donors (Lipinski definition) is 4. The monoisotopic (exact) mass is 538 g/mol. The Hall–Kier alpha value is -2.07. The maximum absolute atomic E-state index is 13.3. The Balaban J connectivity index is 1.65. The molecule has 3 amide bonds. The van der Waals surface area contributed by atoms with E-state index in [-0.39, 0.29) is 30.6 Å². The molecule has 9 nitrogen and oxygen atoms in total. The molecule has 1 saturated heterocycles. The number of ether oxygens (including phenoxy) is 2. The highest BCUT2D eigenvalue weighted by atomic mass is 35.5. The zero-order chi connectivity index (χ0) is 26.6. The second-order valence-corrected chi connectivity index (χ2v) is 10.6. The van der Waals surface area contributed by atoms with E-state index in [4.69, 9.17) is 22.1 Å². The van der Waals surface area contributed by atoms with Crippen molar-refractivity contribution >= 4 is 23.7 Å². The maximum atomic E-state index is 13.3. The number of amides is 3. The van der Waals surface area contributed by atoms with Crippen molar-refractivity contribution in [1.29, 1.82) is 0 Å². The molecule has 5 N–H and O–H groups in total. The Morgan fingerprint density at radius 1 is 1.22 bits per heavy atom. The van der Waals surface area contributed by atoms with Crippen LogP contribution in [0.3, 0.4) is 0 Å². The average molecular weight is 539 g/mol. The van der Waals surface area contributed by atoms with E-state index in [2.05, 4.69) is 15.4 Å². The van der Waals surface area contributed by atoms with Gasteiger partial charge in [0.2, 0.25) is 0 Å². The summed E-state index contributed by atoms with van der Waals surface area (Å²) in [5, 5.41) is 16.9. The predicted octanol–water partition coefficient (Wildman–Crippen LogP) is 3.83. The van der Waals surface area contributed by atoms with Gasteiger partial charge >= 0.3 is 12.1 Å². The van der Waals surface area contributed by atoms with Crippen LogP contribution in [0.5, 0.6) is 0 Å². The first-order chi connectivity index (χ1) is 17.9. The molecule has 0 radical (unpaired) electrons. The fraction of sp³-hybridized carbons (Fsp3) is 0.704. The first kappa shape index (κ1) is 29.5. The Kier molecular flexibility index (Phi) is 12.2. The number of nitrogens with two attached hydrogens (primary N) is 1. The number of aliphatic hydroxyl groups excluding tert-OH is 1. The van der Waals surface area contributed by atoms with Crippen LogP contribution in [0.1, 0.15) is 63.0 Å². The number of urea groups is 1. The summed E-state index contributed by atoms with van der Waals surface area (Å²) in [5.41, 5.74) is 6.72. The lowest BCUT2D eigenvalue weighted by Gasteiger charge is -2.38. The molecule has 0 spiro atoms. The lowest BCUT2D eigenvalue weighted by atomic mass is 9.83. The fourth-order valence-electron chi connectivity index (χ4n) is 5.55. The van der Waals surface area contributed by atoms with Crippen LogP contribution in [0.25, 0.3) is 0 Å². The Morgan fingerprint density at radius 2 is 2.00 bits per heavy atom. The van der Waals surface area contributed by atoms with Crippen LogP contribution >= 0.6 is 11.6 Å². The van der Waals surface area contributed by atoms with Crippen molar-refractivity contribution < 1.29 is 24.2 Å². The van der Waals surface area contributed by atoms with E-state index < -0.39 is 12.2 Å². The number of benzene rings is 1. The minimum atomic E-state index is -0.767. The molecule has 3 rings (SSSR count). The summed E-state index contributed by atoms with van der Waals surface area (Å²) < 4.78 is 10.9. The van der Waals surface area contributed by atoms with Crippen LogP contribution in [0.4, 0.5) is 9.59 Å². The third-order valence-electron chi connectivity index (χ3n) is 7.53. The number of nitrogens with one attached hydrogen (secondary N) is 2. The first-order valence-electron chi connectivity index (χ1n) is 13.5. The molecule has 1 unspecified atom stereocenters. The van der Waals surface area contributed by atoms with Crippen LogP contribution < -0.4 is 16.4 Å². The van der Waals surface area contributed by atoms with Crippen LogP contribution in [0.2, 0.25) is 5.02 Å². The van der Waals surface area contributed by atoms with Crippen molar-refractivity contribution in [2.24, 2.45) is 17.6 Å². The van der Waals surface area contributed by atoms with E-state index in [0.29, 0.717) is 37.2 Å². The molecule has 0 aromatic heterocycles. The second-order valence-electron chi connectivity index (χ2n) is 10.2. The van der Waals surface area contributed by atoms with Gasteiger partial charge < -0.3 is 35.8 Å². The molecule has 10 heteroatoms. The molecule has 208 valence electrons. The van der Waals surface area contributed by atoms with Gasteiger partial charge in [0.15, 0.2) is 0 Å². The molecule has 0 bridgehead atoms. The second kappa shape index (κ2) is 15.4. The molecule has 4 atom stereocenters. The van der Waals surface area contributed by atoms with Crippen LogP contribution in [-0.4, -0.2) is 74.2 Å². The molecule has 1 heterocycles. The number of carbonyl (C=O) groups excluding carboxylic acids is 2. The van der Waals surface area contributed by atoms with E-state index in [1.54, 1.807) is 0 Å². The van der Waals surface area contributed by atoms with Crippen molar-refractivity contribution in [1.82, 2.24) is 15.5 Å². The predicted molar refractivity (Wildman–Crippen MR) is 143 cm³/mol. The van der Waals surface area contributed by atoms with Crippen LogP contribution in [0, 0.1) is 11.8 Å². The van der Waals surface area contributed by atoms with Gasteiger partial charge in [0.25, 0.3) is 0 Å². The minimum Gasteiger partial charge on any atom is -0.453 e. The molecule has 2 aliphatic rings. The third-order valence-corrected chi connectivity index (χ3v) is 7.77. The number of carbonyl (C=O) groups is 2. The van der Waals surface area contributed by atoms with Crippen molar-refractivity contribution in [3.05, 3.63) is 34.9 Å². The number of rotatable bonds is 11. The number of piperidine rings is 1. The van der Waals surface area contributed by atoms with Crippen molar-refractivity contribution in [3.8, 4) is 0 Å². The summed E-state index contributed by atoms with van der Waals surface area (Å²) in [7, 11) is 1.32. The molecular formula is C27H43ClN4O5. The van der Waals surface area contributed by atoms with Gasteiger partial charge in [-0.05, 0) is 42.9 Å². The zero-order valence-corrected chi connectivity index (χ0v) is 22.6. The summed E-state index contributed by atoms with van der Waals surface area (Å²) >= 11 is 6.27. The highest BCUT2D eigenvalue weighted by Crippen LogP contribution is 2.34. The molecule has 1 saturated carbocycles. The number of halogens is 1. The normalized spacial score (nSPS) is 21.1. The third kappa shape index (κ3) is 9.32. The smallest absolute Gasteiger partial charge is 0.406 e. The summed E-state index contributed by atoms with van der Waals surface area (Å²) in [5.74, 6) is 0.556. The summed E-state index contributed by atoms with van der Waals surface area (Å²) in [6.45, 7) is 1.87. The molecular weight excluding hydrogens is 496 g/mol. The number of nitrogens with zero attached hydrogens (tertiary/aromatic N) is 1. The van der Waals surface area contributed by atoms with Crippen LogP contribution in [0.15, 0.2) is 24.3 Å². The van der Waals surface area contributed by atoms with Gasteiger partial charge in [0, 0.05) is 37.1 Å². The largest absolute Gasteiger partial charge is 0.453 e. The number of likely N-dealkylation sites (tertiary alicyclic amines) is 1. The van der Waals surface area contributed by atoms with E-state index >= 15 is 0 Å². The highest BCUT2D eigenvalue weighted by Gasteiger charge is 2.33. The molecule has 37 heavy (non-hydrogen) atoms. The highest BCUT2D eigenvalue weighted by molar-refractivity contribution is 6.30. The van der Waals surface area contributed by atoms with E-state index in [1.165, 1.54) is 26.4 Å². The molecule has 1 aliphatic heterocycles. The Bertz CT molecular complexity index is 854. The number of hydrogen-bond acceptors (Lipinski definition) is 6. The van der Waals surface area contributed by atoms with Crippen LogP contribution in [-0.2, 0) is 9.47 Å². The number of methoxy groups -OCH3 is 1. The summed E-state index contributed by atoms with van der Waals surface area (Å²) in [4.78, 5) is 26.5. The average Bonchev–Trinajstić information content (AvgIpc) is 2.92. The maximum Gasteiger partial charge on any atom is 0.406 e. The van der Waals surface area contributed by atoms with E-state index in [0.717, 1.165) is 37.7 Å². The number of alkyl carbamates (subject to hydrolysis) is 1. The summed E-state index contributed by atoms with van der Waals surface area (Å²) in [6, 6.07) is 7.03. The Labute approximate surface area is 225 Å². The van der Waals surface area contributed by atoms with Crippen molar-refractivity contribution in [3.63, 3.8) is 0 Å². The first-order valence-corrected chi connectivity index (χ1v) is 13.9. The van der Waals surface area contributed by atoms with Gasteiger partial charge in [0.1, 0.15) is 0 Å². The lowest BCUT2D eigenvalue weighted by Crippen LogP contribution is -2.54. The lowest BCUT2D eigenvalue weighted by molar-refractivity contribution is -0.00902. The van der Waals surface area contributed by atoms with Crippen molar-refractivity contribution in [2.75, 3.05) is 39.9 Å². The van der Waals surface area contributed by atoms with Gasteiger partial charge in [0.05, 0.1) is 32.0 Å². The van der Waals surface area contributed by atoms with E-state index in [9.17, 15) is 14.7 Å². The van der Waals surface area contributed by atoms with Gasteiger partial charge in [-0.2, -0.15) is 0 Å². The number of aliphatic hydroxyl groups is 1. The topological polar surface area (TPSA) is 126 Å². The van der Waals surface area contributed by atoms with Gasteiger partial charge in [-0.1, -0.05) is 55.8 Å². The van der Waals surface area contributed by atoms with Gasteiger partial charge in [-0.3, -0.25) is 0 Å². The molecule has 1 aliphatic carbocycles. The zero-order valence-electron chi connectivity index (χ0n) is 21.9. The standard InChI is InChI=1S/C27H43ClN4O5/c1-36-27(35)30-12-14-37-25(20-9-5-11-22(28)16-20)21-10-6-13-32(18-21)26(34)31-23(24(33)17-29)15-19-7-3-2-4-8-19/h5,9,11,16,19,21,23-25,33H,2-4,6-8,10,12-15,17-18,29H2,1H3,(H,30,35)(H,31,34)/t21-,23+,24+,25?/m1/s1. The fourth-order valence-corrected chi connectivity index (χ4v) is 5.75. The van der Waals surface area contributed by atoms with Gasteiger partial charge in [-0.15, -0.1) is 0 Å².